The molecule has 2 heterocycles. The lowest BCUT2D eigenvalue weighted by Gasteiger charge is -2.08. The second-order valence-corrected chi connectivity index (χ2v) is 6.02. The zero-order chi connectivity index (χ0) is 14.3. The van der Waals surface area contributed by atoms with E-state index in [0.717, 1.165) is 32.7 Å². The third kappa shape index (κ3) is 2.32. The molecule has 0 radical (unpaired) electrons. The minimum Gasteiger partial charge on any atom is -0.280 e. The van der Waals surface area contributed by atoms with Gasteiger partial charge in [-0.25, -0.2) is 9.97 Å². The van der Waals surface area contributed by atoms with Gasteiger partial charge in [0.15, 0.2) is 5.65 Å². The lowest BCUT2D eigenvalue weighted by molar-refractivity contribution is 0.969. The van der Waals surface area contributed by atoms with Crippen molar-refractivity contribution in [2.45, 2.75) is 12.8 Å². The van der Waals surface area contributed by atoms with E-state index in [1.165, 1.54) is 0 Å². The lowest BCUT2D eigenvalue weighted by atomic mass is 10.2. The second-order valence-electron chi connectivity index (χ2n) is 4.43. The smallest absolute Gasteiger partial charge is 0.164 e. The van der Waals surface area contributed by atoms with Crippen molar-refractivity contribution in [2.24, 2.45) is 0 Å². The topological polar surface area (TPSA) is 30.7 Å². The summed E-state index contributed by atoms with van der Waals surface area (Å²) in [6, 6.07) is 7.78. The van der Waals surface area contributed by atoms with E-state index in [0.29, 0.717) is 10.9 Å². The molecule has 0 bridgehead atoms. The van der Waals surface area contributed by atoms with Gasteiger partial charge in [-0.15, -0.1) is 11.6 Å². The van der Waals surface area contributed by atoms with Gasteiger partial charge in [0.05, 0.1) is 11.6 Å². The normalized spacial score (nSPS) is 11.2. The zero-order valence-corrected chi connectivity index (χ0v) is 13.7. The summed E-state index contributed by atoms with van der Waals surface area (Å²) < 4.78 is 2.82. The Kier molecular flexibility index (Phi) is 3.71. The van der Waals surface area contributed by atoms with Crippen LogP contribution < -0.4 is 0 Å². The van der Waals surface area contributed by atoms with Crippen LogP contribution in [0.15, 0.2) is 34.9 Å². The predicted octanol–water partition coefficient (Wildman–Crippen LogP) is 4.88. The summed E-state index contributed by atoms with van der Waals surface area (Å²) in [5.74, 6) is 1.05. The zero-order valence-electron chi connectivity index (χ0n) is 10.6. The number of benzene rings is 1. The summed E-state index contributed by atoms with van der Waals surface area (Å²) in [6.45, 7) is 1.97. The number of hydrogen-bond donors (Lipinski definition) is 0. The maximum absolute atomic E-state index is 6.21. The molecular formula is C14H10BrCl2N3. The summed E-state index contributed by atoms with van der Waals surface area (Å²) in [5.41, 5.74) is 3.51. The number of rotatable bonds is 2. The minimum absolute atomic E-state index is 0.305. The molecule has 6 heteroatoms. The number of hydrogen-bond acceptors (Lipinski definition) is 2. The molecule has 0 unspecified atom stereocenters. The van der Waals surface area contributed by atoms with Crippen LogP contribution >= 0.6 is 39.1 Å². The van der Waals surface area contributed by atoms with Crippen molar-refractivity contribution in [3.05, 3.63) is 51.3 Å². The lowest BCUT2D eigenvalue weighted by Crippen LogP contribution is -2.00. The van der Waals surface area contributed by atoms with E-state index in [9.17, 15) is 0 Å². The molecule has 0 saturated heterocycles. The number of halogens is 3. The van der Waals surface area contributed by atoms with Crippen LogP contribution in [0.3, 0.4) is 0 Å². The Morgan fingerprint density at radius 1 is 1.30 bits per heavy atom. The molecule has 0 aliphatic rings. The fourth-order valence-corrected chi connectivity index (χ4v) is 2.74. The number of pyridine rings is 1. The number of aromatic nitrogens is 3. The molecule has 0 fully saturated rings. The number of fused-ring (bicyclic) bond motifs is 1. The van der Waals surface area contributed by atoms with Gasteiger partial charge < -0.3 is 0 Å². The first-order valence-corrected chi connectivity index (χ1v) is 7.66. The van der Waals surface area contributed by atoms with Crippen molar-refractivity contribution in [1.82, 2.24) is 14.5 Å². The van der Waals surface area contributed by atoms with Crippen molar-refractivity contribution in [2.75, 3.05) is 0 Å². The van der Waals surface area contributed by atoms with Crippen LogP contribution in [0.5, 0.6) is 0 Å². The molecule has 0 amide bonds. The van der Waals surface area contributed by atoms with Gasteiger partial charge in [-0.05, 0) is 46.6 Å². The molecule has 0 spiro atoms. The molecule has 20 heavy (non-hydrogen) atoms. The highest BCUT2D eigenvalue weighted by molar-refractivity contribution is 9.10. The minimum atomic E-state index is 0.305. The fraction of sp³-hybridized carbons (Fsp3) is 0.143. The van der Waals surface area contributed by atoms with Gasteiger partial charge in [-0.2, -0.15) is 0 Å². The molecule has 102 valence electrons. The van der Waals surface area contributed by atoms with Crippen molar-refractivity contribution >= 4 is 50.3 Å². The van der Waals surface area contributed by atoms with Gasteiger partial charge in [-0.1, -0.05) is 17.7 Å². The average molecular weight is 371 g/mol. The Morgan fingerprint density at radius 2 is 2.10 bits per heavy atom. The van der Waals surface area contributed by atoms with Crippen LogP contribution in [0.25, 0.3) is 16.9 Å². The van der Waals surface area contributed by atoms with Crippen LogP contribution in [-0.4, -0.2) is 14.5 Å². The Hall–Kier alpha value is -1.10. The summed E-state index contributed by atoms with van der Waals surface area (Å²) >= 11 is 15.6. The molecule has 1 aromatic carbocycles. The van der Waals surface area contributed by atoms with Crippen LogP contribution in [0, 0.1) is 6.92 Å². The van der Waals surface area contributed by atoms with E-state index in [1.807, 2.05) is 35.8 Å². The molecule has 0 aliphatic carbocycles. The Bertz CT molecular complexity index is 798. The highest BCUT2D eigenvalue weighted by atomic mass is 79.9. The predicted molar refractivity (Wildman–Crippen MR) is 85.9 cm³/mol. The van der Waals surface area contributed by atoms with E-state index in [2.05, 4.69) is 25.9 Å². The molecule has 0 N–H and O–H groups in total. The maximum atomic E-state index is 6.21. The Balaban J connectivity index is 2.30. The van der Waals surface area contributed by atoms with Crippen molar-refractivity contribution < 1.29 is 0 Å². The second kappa shape index (κ2) is 5.35. The molecule has 0 aliphatic heterocycles. The van der Waals surface area contributed by atoms with Crippen molar-refractivity contribution in [3.63, 3.8) is 0 Å². The quantitative estimate of drug-likeness (QED) is 0.601. The fourth-order valence-electron chi connectivity index (χ4n) is 2.07. The van der Waals surface area contributed by atoms with Gasteiger partial charge in [0.1, 0.15) is 11.3 Å². The molecule has 3 nitrogen and oxygen atoms in total. The van der Waals surface area contributed by atoms with Gasteiger partial charge >= 0.3 is 0 Å². The van der Waals surface area contributed by atoms with Crippen LogP contribution in [0.4, 0.5) is 0 Å². The van der Waals surface area contributed by atoms with Crippen molar-refractivity contribution in [3.8, 4) is 5.69 Å². The molecule has 3 aromatic rings. The number of alkyl halides is 1. The van der Waals surface area contributed by atoms with Crippen molar-refractivity contribution in [1.29, 1.82) is 0 Å². The standard InChI is InChI=1S/C14H10BrCl2N3/c1-8-2-3-10(5-11(8)17)20-13(6-16)19-12-4-9(15)7-18-14(12)20/h2-5,7H,6H2,1H3. The van der Waals surface area contributed by atoms with Gasteiger partial charge in [0.25, 0.3) is 0 Å². The molecule has 2 aromatic heterocycles. The Labute approximate surface area is 134 Å². The maximum Gasteiger partial charge on any atom is 0.164 e. The van der Waals surface area contributed by atoms with E-state index in [-0.39, 0.29) is 0 Å². The average Bonchev–Trinajstić information content (AvgIpc) is 2.79. The van der Waals surface area contributed by atoms with E-state index in [4.69, 9.17) is 23.2 Å². The Morgan fingerprint density at radius 3 is 2.80 bits per heavy atom. The highest BCUT2D eigenvalue weighted by Crippen LogP contribution is 2.26. The first-order chi connectivity index (χ1) is 9.60. The summed E-state index contributed by atoms with van der Waals surface area (Å²) in [6.07, 6.45) is 1.74. The number of aryl methyl sites for hydroxylation is 1. The molecule has 3 rings (SSSR count). The summed E-state index contributed by atoms with van der Waals surface area (Å²) in [4.78, 5) is 8.95. The third-order valence-electron chi connectivity index (χ3n) is 3.07. The number of imidazole rings is 1. The SMILES string of the molecule is Cc1ccc(-n2c(CCl)nc3cc(Br)cnc32)cc1Cl. The molecular weight excluding hydrogens is 361 g/mol. The largest absolute Gasteiger partial charge is 0.280 e. The summed E-state index contributed by atoms with van der Waals surface area (Å²) in [5, 5.41) is 0.710. The highest BCUT2D eigenvalue weighted by Gasteiger charge is 2.13. The van der Waals surface area contributed by atoms with Gasteiger partial charge in [-0.3, -0.25) is 4.57 Å². The molecule has 0 saturated carbocycles. The van der Waals surface area contributed by atoms with E-state index >= 15 is 0 Å². The van der Waals surface area contributed by atoms with Crippen LogP contribution in [0.1, 0.15) is 11.4 Å². The first-order valence-electron chi connectivity index (χ1n) is 5.95. The first kappa shape index (κ1) is 13.9. The third-order valence-corrected chi connectivity index (χ3v) is 4.15. The van der Waals surface area contributed by atoms with Gasteiger partial charge in [0, 0.05) is 15.7 Å². The number of nitrogens with zero attached hydrogens (tertiary/aromatic N) is 3. The van der Waals surface area contributed by atoms with E-state index in [1.54, 1.807) is 6.20 Å². The summed E-state index contributed by atoms with van der Waals surface area (Å²) in [7, 11) is 0. The monoisotopic (exact) mass is 369 g/mol. The van der Waals surface area contributed by atoms with Crippen LogP contribution in [0.2, 0.25) is 5.02 Å². The van der Waals surface area contributed by atoms with Crippen LogP contribution in [-0.2, 0) is 5.88 Å². The van der Waals surface area contributed by atoms with Gasteiger partial charge in [0.2, 0.25) is 0 Å². The van der Waals surface area contributed by atoms with E-state index < -0.39 is 0 Å². The molecule has 0 atom stereocenters.